The Hall–Kier alpha value is -1.80. The van der Waals surface area contributed by atoms with Gasteiger partial charge >= 0.3 is 0 Å². The van der Waals surface area contributed by atoms with Crippen LogP contribution in [-0.4, -0.2) is 39.8 Å². The van der Waals surface area contributed by atoms with E-state index in [9.17, 15) is 13.2 Å². The Morgan fingerprint density at radius 1 is 1.33 bits per heavy atom. The van der Waals surface area contributed by atoms with Gasteiger partial charge < -0.3 is 15.8 Å². The second-order valence-electron chi connectivity index (χ2n) is 4.38. The van der Waals surface area contributed by atoms with Crippen LogP contribution in [0.25, 0.3) is 0 Å². The monoisotopic (exact) mass is 315 g/mol. The molecule has 0 aromatic heterocycles. The third-order valence-corrected chi connectivity index (χ3v) is 3.84. The number of nitrogen functional groups attached to an aromatic ring is 1. The summed E-state index contributed by atoms with van der Waals surface area (Å²) >= 11 is 0. The molecule has 0 aliphatic heterocycles. The molecule has 118 valence electrons. The Kier molecular flexibility index (Phi) is 6.97. The molecule has 21 heavy (non-hydrogen) atoms. The lowest BCUT2D eigenvalue weighted by Gasteiger charge is -2.10. The van der Waals surface area contributed by atoms with E-state index in [-0.39, 0.29) is 24.8 Å². The molecule has 0 bridgehead atoms. The minimum atomic E-state index is -3.56. The highest BCUT2D eigenvalue weighted by molar-refractivity contribution is 7.89. The summed E-state index contributed by atoms with van der Waals surface area (Å²) in [7, 11) is -3.56. The van der Waals surface area contributed by atoms with Crippen LogP contribution in [0.5, 0.6) is 5.75 Å². The standard InChI is InChI=1S/C13H21N3O4S/c1-2-7-15-13(17)10-16-21(18,19)9-8-20-12-6-4-3-5-11(12)14/h3-6,16H,2,7-10,14H2,1H3,(H,15,17). The summed E-state index contributed by atoms with van der Waals surface area (Å²) in [6.07, 6.45) is 0.796. The summed E-state index contributed by atoms with van der Waals surface area (Å²) < 4.78 is 30.9. The Balaban J connectivity index is 2.33. The van der Waals surface area contributed by atoms with Crippen molar-refractivity contribution < 1.29 is 17.9 Å². The van der Waals surface area contributed by atoms with Gasteiger partial charge in [0.05, 0.1) is 18.0 Å². The van der Waals surface area contributed by atoms with E-state index >= 15 is 0 Å². The highest BCUT2D eigenvalue weighted by Crippen LogP contribution is 2.19. The van der Waals surface area contributed by atoms with Crippen LogP contribution >= 0.6 is 0 Å². The molecule has 0 spiro atoms. The van der Waals surface area contributed by atoms with Crippen LogP contribution in [0, 0.1) is 0 Å². The number of para-hydroxylation sites is 2. The lowest BCUT2D eigenvalue weighted by molar-refractivity contribution is -0.119. The molecular formula is C13H21N3O4S. The van der Waals surface area contributed by atoms with E-state index < -0.39 is 10.0 Å². The fraction of sp³-hybridized carbons (Fsp3) is 0.462. The maximum absolute atomic E-state index is 11.7. The minimum Gasteiger partial charge on any atom is -0.490 e. The van der Waals surface area contributed by atoms with Gasteiger partial charge in [0.2, 0.25) is 15.9 Å². The summed E-state index contributed by atoms with van der Waals surface area (Å²) in [5.74, 6) is -0.162. The van der Waals surface area contributed by atoms with Gasteiger partial charge in [-0.2, -0.15) is 0 Å². The first kappa shape index (κ1) is 17.3. The average Bonchev–Trinajstić information content (AvgIpc) is 2.45. The lowest BCUT2D eigenvalue weighted by Crippen LogP contribution is -2.38. The number of nitrogens with two attached hydrogens (primary N) is 1. The molecule has 0 aliphatic carbocycles. The molecule has 1 rings (SSSR count). The number of carbonyl (C=O) groups is 1. The van der Waals surface area contributed by atoms with Crippen molar-refractivity contribution >= 4 is 21.6 Å². The number of nitrogens with one attached hydrogen (secondary N) is 2. The predicted molar refractivity (Wildman–Crippen MR) is 81.4 cm³/mol. The van der Waals surface area contributed by atoms with Crippen molar-refractivity contribution in [3.8, 4) is 5.75 Å². The highest BCUT2D eigenvalue weighted by Gasteiger charge is 2.12. The van der Waals surface area contributed by atoms with Gasteiger partial charge in [0.25, 0.3) is 0 Å². The number of sulfonamides is 1. The van der Waals surface area contributed by atoms with Crippen LogP contribution in [0.1, 0.15) is 13.3 Å². The number of anilines is 1. The molecule has 1 aromatic rings. The molecule has 0 unspecified atom stereocenters. The molecule has 7 nitrogen and oxygen atoms in total. The minimum absolute atomic E-state index is 0.0415. The molecule has 0 atom stereocenters. The number of hydrogen-bond acceptors (Lipinski definition) is 5. The summed E-state index contributed by atoms with van der Waals surface area (Å²) in [5.41, 5.74) is 6.12. The van der Waals surface area contributed by atoms with Crippen molar-refractivity contribution in [1.29, 1.82) is 0 Å². The van der Waals surface area contributed by atoms with Crippen molar-refractivity contribution in [1.82, 2.24) is 10.0 Å². The van der Waals surface area contributed by atoms with Crippen LogP contribution in [0.15, 0.2) is 24.3 Å². The van der Waals surface area contributed by atoms with E-state index in [1.807, 2.05) is 6.92 Å². The van der Waals surface area contributed by atoms with Crippen molar-refractivity contribution in [2.24, 2.45) is 0 Å². The van der Waals surface area contributed by atoms with E-state index in [4.69, 9.17) is 10.5 Å². The van der Waals surface area contributed by atoms with E-state index in [0.717, 1.165) is 6.42 Å². The molecular weight excluding hydrogens is 294 g/mol. The van der Waals surface area contributed by atoms with Crippen molar-refractivity contribution in [3.05, 3.63) is 24.3 Å². The van der Waals surface area contributed by atoms with Gasteiger partial charge in [-0.3, -0.25) is 4.79 Å². The second-order valence-corrected chi connectivity index (χ2v) is 6.30. The molecule has 1 amide bonds. The second kappa shape index (κ2) is 8.48. The molecule has 4 N–H and O–H groups in total. The van der Waals surface area contributed by atoms with Gasteiger partial charge in [-0.25, -0.2) is 13.1 Å². The number of rotatable bonds is 9. The van der Waals surface area contributed by atoms with Crippen LogP contribution in [-0.2, 0) is 14.8 Å². The van der Waals surface area contributed by atoms with Crippen LogP contribution in [0.4, 0.5) is 5.69 Å². The number of carbonyl (C=O) groups excluding carboxylic acids is 1. The fourth-order valence-corrected chi connectivity index (χ4v) is 2.25. The highest BCUT2D eigenvalue weighted by atomic mass is 32.2. The SMILES string of the molecule is CCCNC(=O)CNS(=O)(=O)CCOc1ccccc1N. The largest absolute Gasteiger partial charge is 0.490 e. The quantitative estimate of drug-likeness (QED) is 0.560. The lowest BCUT2D eigenvalue weighted by atomic mass is 10.3. The van der Waals surface area contributed by atoms with Crippen LogP contribution in [0.2, 0.25) is 0 Å². The van der Waals surface area contributed by atoms with Gasteiger partial charge in [-0.1, -0.05) is 19.1 Å². The van der Waals surface area contributed by atoms with Crippen molar-refractivity contribution in [3.63, 3.8) is 0 Å². The number of amides is 1. The Morgan fingerprint density at radius 3 is 2.71 bits per heavy atom. The van der Waals surface area contributed by atoms with E-state index in [2.05, 4.69) is 10.0 Å². The predicted octanol–water partition coefficient (Wildman–Crippen LogP) is 0.0932. The maximum atomic E-state index is 11.7. The van der Waals surface area contributed by atoms with Crippen LogP contribution < -0.4 is 20.5 Å². The molecule has 1 aromatic carbocycles. The molecule has 0 saturated heterocycles. The fourth-order valence-electron chi connectivity index (χ4n) is 1.45. The maximum Gasteiger partial charge on any atom is 0.235 e. The zero-order valence-electron chi connectivity index (χ0n) is 12.0. The Labute approximate surface area is 124 Å². The third-order valence-electron chi connectivity index (χ3n) is 2.55. The molecule has 8 heteroatoms. The summed E-state index contributed by atoms with van der Waals surface area (Å²) in [5, 5.41) is 2.58. The smallest absolute Gasteiger partial charge is 0.235 e. The number of hydrogen-bond donors (Lipinski definition) is 3. The molecule has 0 fully saturated rings. The normalized spacial score (nSPS) is 11.1. The third kappa shape index (κ3) is 6.96. The van der Waals surface area contributed by atoms with E-state index in [1.165, 1.54) is 0 Å². The molecule has 0 aliphatic rings. The molecule has 0 saturated carbocycles. The first-order valence-corrected chi connectivity index (χ1v) is 8.31. The van der Waals surface area contributed by atoms with Gasteiger partial charge in [0.15, 0.2) is 0 Å². The van der Waals surface area contributed by atoms with Gasteiger partial charge in [-0.05, 0) is 18.6 Å². The number of ether oxygens (including phenoxy) is 1. The Bertz CT molecular complexity index is 560. The van der Waals surface area contributed by atoms with E-state index in [0.29, 0.717) is 18.0 Å². The number of benzene rings is 1. The summed E-state index contributed by atoms with van der Waals surface area (Å²) in [4.78, 5) is 11.3. The average molecular weight is 315 g/mol. The zero-order valence-corrected chi connectivity index (χ0v) is 12.8. The Morgan fingerprint density at radius 2 is 2.05 bits per heavy atom. The topological polar surface area (TPSA) is 111 Å². The first-order chi connectivity index (χ1) is 9.94. The van der Waals surface area contributed by atoms with Gasteiger partial charge in [-0.15, -0.1) is 0 Å². The van der Waals surface area contributed by atoms with Crippen LogP contribution in [0.3, 0.4) is 0 Å². The van der Waals surface area contributed by atoms with Gasteiger partial charge in [0.1, 0.15) is 12.4 Å². The van der Waals surface area contributed by atoms with E-state index in [1.54, 1.807) is 24.3 Å². The zero-order chi connectivity index (χ0) is 15.7. The summed E-state index contributed by atoms with van der Waals surface area (Å²) in [6, 6.07) is 6.83. The van der Waals surface area contributed by atoms with Crippen molar-refractivity contribution in [2.45, 2.75) is 13.3 Å². The van der Waals surface area contributed by atoms with Crippen molar-refractivity contribution in [2.75, 3.05) is 31.2 Å². The molecule has 0 radical (unpaired) electrons. The molecule has 0 heterocycles. The summed E-state index contributed by atoms with van der Waals surface area (Å²) in [6.45, 7) is 2.13. The first-order valence-electron chi connectivity index (χ1n) is 6.66. The van der Waals surface area contributed by atoms with Gasteiger partial charge in [0, 0.05) is 6.54 Å².